The molecule has 1 unspecified atom stereocenters. The Morgan fingerprint density at radius 3 is 2.19 bits per heavy atom. The van der Waals surface area contributed by atoms with Crippen LogP contribution < -0.4 is 4.74 Å². The van der Waals surface area contributed by atoms with Crippen LogP contribution in [0.5, 0.6) is 5.75 Å². The Kier molecular flexibility index (Phi) is 6.93. The average molecular weight is 373 g/mol. The first-order chi connectivity index (χ1) is 12.3. The maximum atomic E-state index is 10.4. The minimum absolute atomic E-state index is 0.0466. The molecule has 2 aromatic rings. The van der Waals surface area contributed by atoms with Crippen LogP contribution in [0.2, 0.25) is 0 Å². The lowest BCUT2D eigenvalue weighted by Gasteiger charge is -2.26. The zero-order valence-electron chi connectivity index (χ0n) is 16.1. The van der Waals surface area contributed by atoms with Crippen LogP contribution in [0.15, 0.2) is 47.4 Å². The Morgan fingerprint density at radius 1 is 1.12 bits per heavy atom. The SMILES string of the molecule is CSc1ccc(C(O)/C=C/c2cc(C)c(OC(C)(C)CO)c(C)c2)cc1. The highest BCUT2D eigenvalue weighted by Crippen LogP contribution is 2.29. The van der Waals surface area contributed by atoms with Crippen LogP contribution in [0.4, 0.5) is 0 Å². The number of aliphatic hydroxyl groups excluding tert-OH is 2. The van der Waals surface area contributed by atoms with Crippen molar-refractivity contribution in [1.82, 2.24) is 0 Å². The molecule has 0 aromatic heterocycles. The molecule has 0 radical (unpaired) electrons. The normalized spacial score (nSPS) is 13.2. The fourth-order valence-electron chi connectivity index (χ4n) is 2.66. The first-order valence-electron chi connectivity index (χ1n) is 8.67. The quantitative estimate of drug-likeness (QED) is 0.677. The highest BCUT2D eigenvalue weighted by molar-refractivity contribution is 7.98. The summed E-state index contributed by atoms with van der Waals surface area (Å²) in [6, 6.07) is 12.0. The molecule has 2 rings (SSSR count). The third-order valence-electron chi connectivity index (χ3n) is 4.17. The van der Waals surface area contributed by atoms with Gasteiger partial charge in [0.05, 0.1) is 12.7 Å². The minimum Gasteiger partial charge on any atom is -0.485 e. The van der Waals surface area contributed by atoms with Gasteiger partial charge >= 0.3 is 0 Å². The standard InChI is InChI=1S/C22H28O3S/c1-15-12-17(13-16(2)21(15)25-22(3,4)14-23)6-11-20(24)18-7-9-19(26-5)10-8-18/h6-13,20,23-24H,14H2,1-5H3/b11-6+. The van der Waals surface area contributed by atoms with E-state index in [4.69, 9.17) is 4.74 Å². The summed E-state index contributed by atoms with van der Waals surface area (Å²) in [5.41, 5.74) is 3.27. The van der Waals surface area contributed by atoms with E-state index in [2.05, 4.69) is 0 Å². The predicted octanol–water partition coefficient (Wildman–Crippen LogP) is 4.92. The van der Waals surface area contributed by atoms with E-state index in [-0.39, 0.29) is 6.61 Å². The molecule has 140 valence electrons. The lowest BCUT2D eigenvalue weighted by atomic mass is 10.0. The largest absolute Gasteiger partial charge is 0.485 e. The van der Waals surface area contributed by atoms with Crippen molar-refractivity contribution in [2.75, 3.05) is 12.9 Å². The molecule has 0 bridgehead atoms. The van der Waals surface area contributed by atoms with Crippen LogP contribution >= 0.6 is 11.8 Å². The van der Waals surface area contributed by atoms with Crippen molar-refractivity contribution in [1.29, 1.82) is 0 Å². The number of aryl methyl sites for hydroxylation is 2. The average Bonchev–Trinajstić information content (AvgIpc) is 2.63. The van der Waals surface area contributed by atoms with E-state index in [1.165, 1.54) is 4.90 Å². The molecule has 0 aliphatic carbocycles. The topological polar surface area (TPSA) is 49.7 Å². The van der Waals surface area contributed by atoms with Crippen molar-refractivity contribution in [2.24, 2.45) is 0 Å². The van der Waals surface area contributed by atoms with E-state index >= 15 is 0 Å². The summed E-state index contributed by atoms with van der Waals surface area (Å²) >= 11 is 1.68. The van der Waals surface area contributed by atoms with Gasteiger partial charge in [0.1, 0.15) is 11.4 Å². The molecule has 0 aliphatic rings. The van der Waals surface area contributed by atoms with Gasteiger partial charge in [-0.2, -0.15) is 0 Å². The summed E-state index contributed by atoms with van der Waals surface area (Å²) in [6.45, 7) is 7.65. The molecule has 0 aliphatic heterocycles. The lowest BCUT2D eigenvalue weighted by molar-refractivity contribution is 0.0401. The molecule has 0 spiro atoms. The number of hydrogen-bond donors (Lipinski definition) is 2. The molecule has 3 nitrogen and oxygen atoms in total. The van der Waals surface area contributed by atoms with Crippen LogP contribution in [0, 0.1) is 13.8 Å². The van der Waals surface area contributed by atoms with Gasteiger partial charge in [-0.3, -0.25) is 0 Å². The second-order valence-corrected chi connectivity index (χ2v) is 7.96. The molecule has 26 heavy (non-hydrogen) atoms. The minimum atomic E-state index is -0.643. The molecular formula is C22H28O3S. The third-order valence-corrected chi connectivity index (χ3v) is 4.91. The van der Waals surface area contributed by atoms with Crippen LogP contribution in [-0.2, 0) is 0 Å². The summed E-state index contributed by atoms with van der Waals surface area (Å²) < 4.78 is 5.96. The number of ether oxygens (including phenoxy) is 1. The molecule has 0 saturated carbocycles. The Hall–Kier alpha value is -1.75. The summed E-state index contributed by atoms with van der Waals surface area (Å²) in [6.07, 6.45) is 5.11. The molecule has 1 atom stereocenters. The summed E-state index contributed by atoms with van der Waals surface area (Å²) in [4.78, 5) is 1.18. The Morgan fingerprint density at radius 2 is 1.69 bits per heavy atom. The van der Waals surface area contributed by atoms with Gasteiger partial charge in [-0.05, 0) is 80.5 Å². The van der Waals surface area contributed by atoms with Gasteiger partial charge in [-0.25, -0.2) is 0 Å². The van der Waals surface area contributed by atoms with Gasteiger partial charge in [0, 0.05) is 4.90 Å². The van der Waals surface area contributed by atoms with Gasteiger partial charge in [0.15, 0.2) is 0 Å². The summed E-state index contributed by atoms with van der Waals surface area (Å²) in [5, 5.41) is 19.8. The lowest BCUT2D eigenvalue weighted by Crippen LogP contribution is -2.33. The van der Waals surface area contributed by atoms with Gasteiger partial charge in [-0.1, -0.05) is 24.3 Å². The predicted molar refractivity (Wildman–Crippen MR) is 110 cm³/mol. The van der Waals surface area contributed by atoms with Gasteiger partial charge < -0.3 is 14.9 Å². The van der Waals surface area contributed by atoms with E-state index in [1.54, 1.807) is 17.8 Å². The number of aliphatic hydroxyl groups is 2. The summed E-state index contributed by atoms with van der Waals surface area (Å²) in [5.74, 6) is 0.800. The summed E-state index contributed by atoms with van der Waals surface area (Å²) in [7, 11) is 0. The molecule has 0 amide bonds. The smallest absolute Gasteiger partial charge is 0.126 e. The third kappa shape index (κ3) is 5.37. The van der Waals surface area contributed by atoms with Crippen molar-refractivity contribution >= 4 is 17.8 Å². The van der Waals surface area contributed by atoms with Crippen molar-refractivity contribution in [2.45, 2.75) is 44.3 Å². The highest BCUT2D eigenvalue weighted by atomic mass is 32.2. The van der Waals surface area contributed by atoms with E-state index < -0.39 is 11.7 Å². The van der Waals surface area contributed by atoms with Crippen molar-refractivity contribution in [3.63, 3.8) is 0 Å². The Bertz CT molecular complexity index is 740. The molecule has 0 fully saturated rings. The number of hydrogen-bond acceptors (Lipinski definition) is 4. The maximum absolute atomic E-state index is 10.4. The molecule has 4 heteroatoms. The fourth-order valence-corrected chi connectivity index (χ4v) is 3.07. The monoisotopic (exact) mass is 372 g/mol. The van der Waals surface area contributed by atoms with E-state index in [1.807, 2.05) is 76.4 Å². The fraction of sp³-hybridized carbons (Fsp3) is 0.364. The van der Waals surface area contributed by atoms with Crippen LogP contribution in [0.25, 0.3) is 6.08 Å². The van der Waals surface area contributed by atoms with Gasteiger partial charge in [0.2, 0.25) is 0 Å². The van der Waals surface area contributed by atoms with Crippen LogP contribution in [0.3, 0.4) is 0 Å². The molecule has 0 heterocycles. The van der Waals surface area contributed by atoms with Gasteiger partial charge in [0.25, 0.3) is 0 Å². The number of thioether (sulfide) groups is 1. The van der Waals surface area contributed by atoms with Crippen molar-refractivity contribution in [3.05, 3.63) is 64.7 Å². The van der Waals surface area contributed by atoms with Crippen molar-refractivity contribution in [3.8, 4) is 5.75 Å². The Labute approximate surface area is 160 Å². The maximum Gasteiger partial charge on any atom is 0.126 e. The number of benzene rings is 2. The zero-order valence-corrected chi connectivity index (χ0v) is 16.9. The highest BCUT2D eigenvalue weighted by Gasteiger charge is 2.20. The van der Waals surface area contributed by atoms with E-state index in [0.717, 1.165) is 28.0 Å². The first kappa shape index (κ1) is 20.6. The van der Waals surface area contributed by atoms with Gasteiger partial charge in [-0.15, -0.1) is 11.8 Å². The molecule has 0 saturated heterocycles. The van der Waals surface area contributed by atoms with Crippen LogP contribution in [0.1, 0.15) is 42.2 Å². The molecule has 2 aromatic carbocycles. The van der Waals surface area contributed by atoms with Crippen molar-refractivity contribution < 1.29 is 14.9 Å². The molecule has 2 N–H and O–H groups in total. The van der Waals surface area contributed by atoms with E-state index in [0.29, 0.717) is 0 Å². The second-order valence-electron chi connectivity index (χ2n) is 7.08. The number of rotatable bonds is 7. The first-order valence-corrected chi connectivity index (χ1v) is 9.89. The van der Waals surface area contributed by atoms with Crippen LogP contribution in [-0.4, -0.2) is 28.7 Å². The Balaban J connectivity index is 2.17. The zero-order chi connectivity index (χ0) is 19.3. The van der Waals surface area contributed by atoms with E-state index in [9.17, 15) is 10.2 Å². The second kappa shape index (κ2) is 8.76. The molecular weight excluding hydrogens is 344 g/mol.